The maximum absolute atomic E-state index is 13.8. The van der Waals surface area contributed by atoms with Crippen LogP contribution >= 0.6 is 0 Å². The number of aliphatic hydroxyl groups is 1. The Balaban J connectivity index is 1.15. The van der Waals surface area contributed by atoms with Crippen molar-refractivity contribution in [3.63, 3.8) is 0 Å². The highest BCUT2D eigenvalue weighted by atomic mass is 16.5. The van der Waals surface area contributed by atoms with Crippen molar-refractivity contribution in [3.8, 4) is 11.5 Å². The average molecular weight is 605 g/mol. The van der Waals surface area contributed by atoms with Crippen LogP contribution in [0.3, 0.4) is 0 Å². The third kappa shape index (κ3) is 7.10. The van der Waals surface area contributed by atoms with E-state index in [1.165, 1.54) is 12.0 Å². The number of hydrogen-bond acceptors (Lipinski definition) is 6. The van der Waals surface area contributed by atoms with Gasteiger partial charge in [-0.1, -0.05) is 44.7 Å². The zero-order valence-corrected chi connectivity index (χ0v) is 26.2. The van der Waals surface area contributed by atoms with Gasteiger partial charge in [0.25, 0.3) is 5.91 Å². The van der Waals surface area contributed by atoms with Crippen molar-refractivity contribution in [2.75, 3.05) is 33.2 Å². The van der Waals surface area contributed by atoms with E-state index in [-0.39, 0.29) is 23.6 Å². The first-order chi connectivity index (χ1) is 21.3. The minimum atomic E-state index is -0.833. The molecule has 2 heterocycles. The van der Waals surface area contributed by atoms with Crippen LogP contribution in [0.25, 0.3) is 0 Å². The number of carbonyl (C=O) groups is 3. The molecule has 2 aromatic rings. The molecule has 0 radical (unpaired) electrons. The Morgan fingerprint density at radius 1 is 1.00 bits per heavy atom. The number of aliphatic hydroxyl groups excluding tert-OH is 1. The third-order valence-electron chi connectivity index (χ3n) is 9.87. The molecule has 3 amide bonds. The molecule has 0 unspecified atom stereocenters. The van der Waals surface area contributed by atoms with Crippen LogP contribution in [0.4, 0.5) is 0 Å². The first-order valence-corrected chi connectivity index (χ1v) is 16.5. The van der Waals surface area contributed by atoms with Gasteiger partial charge in [0.15, 0.2) is 0 Å². The molecule has 0 aromatic heterocycles. The first-order valence-electron chi connectivity index (χ1n) is 16.5. The molecule has 5 rings (SSSR count). The zero-order valence-electron chi connectivity index (χ0n) is 26.2. The van der Waals surface area contributed by atoms with Crippen molar-refractivity contribution >= 4 is 17.7 Å². The summed E-state index contributed by atoms with van der Waals surface area (Å²) in [6.07, 6.45) is 8.20. The van der Waals surface area contributed by atoms with E-state index in [0.717, 1.165) is 70.3 Å². The first kappa shape index (κ1) is 32.0. The lowest BCUT2D eigenvalue weighted by atomic mass is 9.78. The number of piperidine rings is 1. The molecule has 3 aliphatic rings. The SMILES string of the molecule is CCCCN1C(=O)[C@@H]([C@H](O)C2CCCCC2)NC(=O)C12CCN(CCc1ccc(Oc3ccc(C(=O)NC)cc3)cc1)CC2. The second kappa shape index (κ2) is 14.6. The highest BCUT2D eigenvalue weighted by Gasteiger charge is 2.55. The van der Waals surface area contributed by atoms with Crippen molar-refractivity contribution in [2.45, 2.75) is 88.8 Å². The number of piperazine rings is 1. The van der Waals surface area contributed by atoms with E-state index in [4.69, 9.17) is 4.74 Å². The molecule has 9 nitrogen and oxygen atoms in total. The van der Waals surface area contributed by atoms with Gasteiger partial charge in [-0.15, -0.1) is 0 Å². The van der Waals surface area contributed by atoms with Gasteiger partial charge in [-0.25, -0.2) is 0 Å². The molecule has 0 bridgehead atoms. The minimum absolute atomic E-state index is 0.0735. The third-order valence-corrected chi connectivity index (χ3v) is 9.87. The smallest absolute Gasteiger partial charge is 0.251 e. The molecular formula is C35H48N4O5. The Bertz CT molecular complexity index is 1270. The minimum Gasteiger partial charge on any atom is -0.457 e. The maximum Gasteiger partial charge on any atom is 0.251 e. The topological polar surface area (TPSA) is 111 Å². The molecule has 3 fully saturated rings. The van der Waals surface area contributed by atoms with Crippen LogP contribution in [-0.4, -0.2) is 83.5 Å². The lowest BCUT2D eigenvalue weighted by Gasteiger charge is -2.52. The molecule has 2 saturated heterocycles. The monoisotopic (exact) mass is 604 g/mol. The molecule has 1 aliphatic carbocycles. The number of unbranched alkanes of at least 4 members (excludes halogenated alkanes) is 1. The number of ether oxygens (including phenoxy) is 1. The molecule has 2 aliphatic heterocycles. The highest BCUT2D eigenvalue weighted by molar-refractivity contribution is 6.00. The highest BCUT2D eigenvalue weighted by Crippen LogP contribution is 2.36. The van der Waals surface area contributed by atoms with Gasteiger partial charge in [0.2, 0.25) is 11.8 Å². The number of benzene rings is 2. The number of nitrogens with one attached hydrogen (secondary N) is 2. The van der Waals surface area contributed by atoms with E-state index < -0.39 is 17.7 Å². The summed E-state index contributed by atoms with van der Waals surface area (Å²) in [4.78, 5) is 43.5. The second-order valence-corrected chi connectivity index (χ2v) is 12.7. The Kier molecular flexibility index (Phi) is 10.6. The van der Waals surface area contributed by atoms with Crippen LogP contribution in [0.15, 0.2) is 48.5 Å². The molecule has 1 spiro atoms. The van der Waals surface area contributed by atoms with Crippen LogP contribution < -0.4 is 15.4 Å². The molecule has 238 valence electrons. The average Bonchev–Trinajstić information content (AvgIpc) is 3.07. The fraction of sp³-hybridized carbons (Fsp3) is 0.571. The van der Waals surface area contributed by atoms with E-state index in [2.05, 4.69) is 34.6 Å². The van der Waals surface area contributed by atoms with Crippen molar-refractivity contribution in [1.29, 1.82) is 0 Å². The maximum atomic E-state index is 13.8. The van der Waals surface area contributed by atoms with Gasteiger partial charge < -0.3 is 30.3 Å². The van der Waals surface area contributed by atoms with Gasteiger partial charge in [-0.2, -0.15) is 0 Å². The molecule has 2 aromatic carbocycles. The summed E-state index contributed by atoms with van der Waals surface area (Å²) < 4.78 is 5.95. The molecular weight excluding hydrogens is 556 g/mol. The summed E-state index contributed by atoms with van der Waals surface area (Å²) in [7, 11) is 1.61. The Labute approximate surface area is 261 Å². The summed E-state index contributed by atoms with van der Waals surface area (Å²) in [5, 5.41) is 16.8. The molecule has 1 saturated carbocycles. The largest absolute Gasteiger partial charge is 0.457 e. The Morgan fingerprint density at radius 2 is 1.64 bits per heavy atom. The predicted octanol–water partition coefficient (Wildman–Crippen LogP) is 4.28. The fourth-order valence-electron chi connectivity index (χ4n) is 7.07. The normalized spacial score (nSPS) is 21.6. The van der Waals surface area contributed by atoms with Gasteiger partial charge in [-0.3, -0.25) is 14.4 Å². The van der Waals surface area contributed by atoms with E-state index in [1.807, 2.05) is 17.0 Å². The predicted molar refractivity (Wildman–Crippen MR) is 170 cm³/mol. The van der Waals surface area contributed by atoms with Crippen LogP contribution in [0.1, 0.15) is 80.6 Å². The van der Waals surface area contributed by atoms with Crippen LogP contribution in [0.5, 0.6) is 11.5 Å². The van der Waals surface area contributed by atoms with Crippen molar-refractivity contribution < 1.29 is 24.2 Å². The zero-order chi connectivity index (χ0) is 31.1. The summed E-state index contributed by atoms with van der Waals surface area (Å²) >= 11 is 0. The van der Waals surface area contributed by atoms with Gasteiger partial charge in [0.1, 0.15) is 23.1 Å². The van der Waals surface area contributed by atoms with E-state index in [9.17, 15) is 19.5 Å². The Morgan fingerprint density at radius 3 is 2.25 bits per heavy atom. The van der Waals surface area contributed by atoms with Crippen molar-refractivity contribution in [3.05, 3.63) is 59.7 Å². The lowest BCUT2D eigenvalue weighted by molar-refractivity contribution is -0.165. The van der Waals surface area contributed by atoms with E-state index in [1.54, 1.807) is 31.3 Å². The summed E-state index contributed by atoms with van der Waals surface area (Å²) in [5.74, 6) is 1.15. The number of amides is 3. The van der Waals surface area contributed by atoms with Gasteiger partial charge in [0.05, 0.1) is 6.10 Å². The van der Waals surface area contributed by atoms with Gasteiger partial charge in [-0.05, 0) is 86.4 Å². The standard InChI is InChI=1S/C35H48N4O5/c1-3-4-21-39-33(42)30(31(40)26-8-6-5-7-9-26)37-34(43)35(39)19-23-38(24-20-35)22-18-25-10-14-28(15-11-25)44-29-16-12-27(13-17-29)32(41)36-2/h10-17,26,30-31,40H,3-9,18-24H2,1-2H3,(H,36,41)(H,37,43)/t30-,31-/m1/s1. The summed E-state index contributed by atoms with van der Waals surface area (Å²) in [5.41, 5.74) is 0.950. The van der Waals surface area contributed by atoms with Crippen molar-refractivity contribution in [2.24, 2.45) is 5.92 Å². The molecule has 2 atom stereocenters. The second-order valence-electron chi connectivity index (χ2n) is 12.7. The van der Waals surface area contributed by atoms with Crippen molar-refractivity contribution in [1.82, 2.24) is 20.4 Å². The van der Waals surface area contributed by atoms with Crippen LogP contribution in [0.2, 0.25) is 0 Å². The number of likely N-dealkylation sites (tertiary alicyclic amines) is 1. The quantitative estimate of drug-likeness (QED) is 0.353. The number of nitrogens with zero attached hydrogens (tertiary/aromatic N) is 2. The summed E-state index contributed by atoms with van der Waals surface area (Å²) in [6.45, 7) is 5.01. The van der Waals surface area contributed by atoms with Crippen LogP contribution in [0, 0.1) is 5.92 Å². The number of carbonyl (C=O) groups excluding carboxylic acids is 3. The molecule has 3 N–H and O–H groups in total. The summed E-state index contributed by atoms with van der Waals surface area (Å²) in [6, 6.07) is 14.2. The van der Waals surface area contributed by atoms with Gasteiger partial charge in [0, 0.05) is 38.8 Å². The van der Waals surface area contributed by atoms with E-state index in [0.29, 0.717) is 30.7 Å². The number of hydrogen-bond donors (Lipinski definition) is 3. The molecule has 44 heavy (non-hydrogen) atoms. The number of rotatable bonds is 11. The Hall–Kier alpha value is -3.43. The fourth-order valence-corrected chi connectivity index (χ4v) is 7.07. The van der Waals surface area contributed by atoms with E-state index >= 15 is 0 Å². The van der Waals surface area contributed by atoms with Crippen LogP contribution in [-0.2, 0) is 16.0 Å². The molecule has 9 heteroatoms. The lowest BCUT2D eigenvalue weighted by Crippen LogP contribution is -2.75. The van der Waals surface area contributed by atoms with Gasteiger partial charge >= 0.3 is 0 Å².